The summed E-state index contributed by atoms with van der Waals surface area (Å²) in [5.41, 5.74) is 5.76. The maximum absolute atomic E-state index is 10.6. The molecular formula is C8H16N2O3. The first-order valence-corrected chi connectivity index (χ1v) is 4.50. The van der Waals surface area contributed by atoms with E-state index in [-0.39, 0.29) is 12.1 Å². The maximum atomic E-state index is 10.6. The number of piperidine rings is 1. The highest BCUT2D eigenvalue weighted by Crippen LogP contribution is 2.12. The second kappa shape index (κ2) is 4.43. The van der Waals surface area contributed by atoms with Gasteiger partial charge in [0, 0.05) is 25.7 Å². The van der Waals surface area contributed by atoms with Gasteiger partial charge in [0.15, 0.2) is 0 Å². The Morgan fingerprint density at radius 2 is 2.46 bits per heavy atom. The van der Waals surface area contributed by atoms with Crippen molar-refractivity contribution in [3.8, 4) is 0 Å². The molecule has 0 unspecified atom stereocenters. The lowest BCUT2D eigenvalue weighted by Gasteiger charge is -2.34. The minimum atomic E-state index is -0.898. The van der Waals surface area contributed by atoms with Crippen molar-refractivity contribution in [3.63, 3.8) is 0 Å². The van der Waals surface area contributed by atoms with Gasteiger partial charge in [0.05, 0.1) is 6.10 Å². The van der Waals surface area contributed by atoms with E-state index in [1.54, 1.807) is 0 Å². The third kappa shape index (κ3) is 2.57. The molecule has 13 heavy (non-hydrogen) atoms. The molecule has 0 aromatic rings. The molecule has 1 rings (SSSR count). The zero-order chi connectivity index (χ0) is 9.84. The van der Waals surface area contributed by atoms with E-state index >= 15 is 0 Å². The molecule has 0 saturated carbocycles. The fourth-order valence-electron chi connectivity index (χ4n) is 1.56. The monoisotopic (exact) mass is 188 g/mol. The quantitative estimate of drug-likeness (QED) is 0.644. The van der Waals surface area contributed by atoms with Crippen LogP contribution in [0.25, 0.3) is 0 Å². The van der Waals surface area contributed by atoms with Crippen LogP contribution < -0.4 is 5.73 Å². The van der Waals surface area contributed by atoms with E-state index in [1.165, 1.54) is 4.90 Å². The van der Waals surface area contributed by atoms with Crippen LogP contribution in [-0.4, -0.2) is 47.9 Å². The van der Waals surface area contributed by atoms with Gasteiger partial charge in [-0.1, -0.05) is 0 Å². The smallest absolute Gasteiger partial charge is 0.407 e. The van der Waals surface area contributed by atoms with Gasteiger partial charge in [-0.3, -0.25) is 0 Å². The van der Waals surface area contributed by atoms with E-state index < -0.39 is 6.09 Å². The second-order valence-electron chi connectivity index (χ2n) is 3.17. The molecule has 0 aromatic carbocycles. The van der Waals surface area contributed by atoms with Crippen molar-refractivity contribution in [3.05, 3.63) is 0 Å². The van der Waals surface area contributed by atoms with Crippen LogP contribution in [0.1, 0.15) is 13.3 Å². The molecule has 5 nitrogen and oxygen atoms in total. The number of ether oxygens (including phenoxy) is 1. The fraction of sp³-hybridized carbons (Fsp3) is 0.875. The van der Waals surface area contributed by atoms with Crippen molar-refractivity contribution in [2.45, 2.75) is 25.5 Å². The molecule has 1 aliphatic rings. The summed E-state index contributed by atoms with van der Waals surface area (Å²) in [6.45, 7) is 3.44. The average Bonchev–Trinajstić information content (AvgIpc) is 2.08. The summed E-state index contributed by atoms with van der Waals surface area (Å²) >= 11 is 0. The van der Waals surface area contributed by atoms with Crippen LogP contribution in [0, 0.1) is 0 Å². The lowest BCUT2D eigenvalue weighted by atomic mass is 10.0. The molecular weight excluding hydrogens is 172 g/mol. The molecule has 76 valence electrons. The summed E-state index contributed by atoms with van der Waals surface area (Å²) in [5, 5.41) is 8.70. The van der Waals surface area contributed by atoms with Gasteiger partial charge in [-0.15, -0.1) is 0 Å². The number of carbonyl (C=O) groups is 1. The van der Waals surface area contributed by atoms with Gasteiger partial charge in [0.25, 0.3) is 0 Å². The van der Waals surface area contributed by atoms with E-state index in [1.807, 2.05) is 6.92 Å². The van der Waals surface area contributed by atoms with Crippen molar-refractivity contribution in [1.29, 1.82) is 0 Å². The van der Waals surface area contributed by atoms with E-state index in [2.05, 4.69) is 0 Å². The first-order valence-electron chi connectivity index (χ1n) is 4.50. The molecule has 1 fully saturated rings. The van der Waals surface area contributed by atoms with Crippen molar-refractivity contribution >= 4 is 6.09 Å². The molecule has 1 saturated heterocycles. The Labute approximate surface area is 77.5 Å². The van der Waals surface area contributed by atoms with E-state index in [9.17, 15) is 4.79 Å². The number of likely N-dealkylation sites (tertiary alicyclic amines) is 1. The van der Waals surface area contributed by atoms with Crippen LogP contribution in [0.15, 0.2) is 0 Å². The highest BCUT2D eigenvalue weighted by atomic mass is 16.5. The third-order valence-electron chi connectivity index (χ3n) is 2.24. The number of amides is 1. The summed E-state index contributed by atoms with van der Waals surface area (Å²) in [7, 11) is 0. The van der Waals surface area contributed by atoms with Crippen LogP contribution in [0.2, 0.25) is 0 Å². The van der Waals surface area contributed by atoms with Gasteiger partial charge < -0.3 is 20.5 Å². The van der Waals surface area contributed by atoms with Crippen molar-refractivity contribution in [2.75, 3.05) is 19.7 Å². The Bertz CT molecular complexity index is 186. The molecule has 1 aliphatic heterocycles. The Morgan fingerprint density at radius 3 is 2.92 bits per heavy atom. The van der Waals surface area contributed by atoms with Crippen LogP contribution in [0.4, 0.5) is 4.79 Å². The molecule has 0 radical (unpaired) electrons. The Morgan fingerprint density at radius 1 is 1.77 bits per heavy atom. The van der Waals surface area contributed by atoms with E-state index in [0.717, 1.165) is 0 Å². The molecule has 0 aromatic heterocycles. The van der Waals surface area contributed by atoms with Gasteiger partial charge in [0.2, 0.25) is 0 Å². The minimum absolute atomic E-state index is 0.0144. The third-order valence-corrected chi connectivity index (χ3v) is 2.24. The summed E-state index contributed by atoms with van der Waals surface area (Å²) in [5.74, 6) is 0. The minimum Gasteiger partial charge on any atom is -0.465 e. The van der Waals surface area contributed by atoms with Gasteiger partial charge in [-0.25, -0.2) is 4.79 Å². The first kappa shape index (κ1) is 10.3. The number of rotatable bonds is 2. The van der Waals surface area contributed by atoms with Crippen LogP contribution in [0.3, 0.4) is 0 Å². The molecule has 3 N–H and O–H groups in total. The van der Waals surface area contributed by atoms with Gasteiger partial charge >= 0.3 is 6.09 Å². The van der Waals surface area contributed by atoms with Gasteiger partial charge in [0.1, 0.15) is 0 Å². The molecule has 1 heterocycles. The van der Waals surface area contributed by atoms with E-state index in [0.29, 0.717) is 26.1 Å². The van der Waals surface area contributed by atoms with Crippen LogP contribution in [-0.2, 0) is 4.74 Å². The first-order chi connectivity index (χ1) is 6.15. The number of nitrogens with two attached hydrogens (primary N) is 1. The van der Waals surface area contributed by atoms with Crippen LogP contribution >= 0.6 is 0 Å². The van der Waals surface area contributed by atoms with Crippen molar-refractivity contribution < 1.29 is 14.6 Å². The van der Waals surface area contributed by atoms with Gasteiger partial charge in [-0.05, 0) is 13.3 Å². The molecule has 2 atom stereocenters. The predicted octanol–water partition coefficient (Wildman–Crippen LogP) is 0.103. The molecule has 0 aliphatic carbocycles. The number of hydrogen-bond acceptors (Lipinski definition) is 3. The molecule has 1 amide bonds. The highest BCUT2D eigenvalue weighted by molar-refractivity contribution is 5.65. The Kier molecular flexibility index (Phi) is 3.50. The van der Waals surface area contributed by atoms with E-state index in [4.69, 9.17) is 15.6 Å². The normalized spacial score (nSPS) is 28.9. The standard InChI is InChI=1S/C8H16N2O3/c1-2-13-7-3-4-10(8(11)12)5-6(7)9/h6-7H,2-5,9H2,1H3,(H,11,12)/t6-,7-/m0/s1. The second-order valence-corrected chi connectivity index (χ2v) is 3.17. The Balaban J connectivity index is 2.41. The highest BCUT2D eigenvalue weighted by Gasteiger charge is 2.28. The summed E-state index contributed by atoms with van der Waals surface area (Å²) in [6, 6.07) is -0.190. The average molecular weight is 188 g/mol. The van der Waals surface area contributed by atoms with Gasteiger partial charge in [-0.2, -0.15) is 0 Å². The maximum Gasteiger partial charge on any atom is 0.407 e. The summed E-state index contributed by atoms with van der Waals surface area (Å²) < 4.78 is 5.38. The lowest BCUT2D eigenvalue weighted by Crippen LogP contribution is -2.53. The topological polar surface area (TPSA) is 75.8 Å². The van der Waals surface area contributed by atoms with Crippen LogP contribution in [0.5, 0.6) is 0 Å². The number of carboxylic acid groups (broad SMARTS) is 1. The number of nitrogens with zero attached hydrogens (tertiary/aromatic N) is 1. The predicted molar refractivity (Wildman–Crippen MR) is 47.6 cm³/mol. The summed E-state index contributed by atoms with van der Waals surface area (Å²) in [4.78, 5) is 11.9. The number of hydrogen-bond donors (Lipinski definition) is 2. The zero-order valence-electron chi connectivity index (χ0n) is 7.77. The largest absolute Gasteiger partial charge is 0.465 e. The zero-order valence-corrected chi connectivity index (χ0v) is 7.77. The molecule has 0 bridgehead atoms. The molecule has 0 spiro atoms. The van der Waals surface area contributed by atoms with Crippen molar-refractivity contribution in [2.24, 2.45) is 5.73 Å². The van der Waals surface area contributed by atoms with Crippen molar-refractivity contribution in [1.82, 2.24) is 4.90 Å². The SMILES string of the molecule is CCO[C@H]1CCN(C(=O)O)C[C@@H]1N. The fourth-order valence-corrected chi connectivity index (χ4v) is 1.56. The lowest BCUT2D eigenvalue weighted by molar-refractivity contribution is 0.00283. The molecule has 5 heteroatoms. The Hall–Kier alpha value is -0.810. The summed E-state index contributed by atoms with van der Waals surface area (Å²) in [6.07, 6.45) is -0.188.